The summed E-state index contributed by atoms with van der Waals surface area (Å²) >= 11 is 0. The maximum absolute atomic E-state index is 3.88. The van der Waals surface area contributed by atoms with Crippen LogP contribution < -0.4 is 0 Å². The summed E-state index contributed by atoms with van der Waals surface area (Å²) in [6.45, 7) is 3.59. The van der Waals surface area contributed by atoms with E-state index in [9.17, 15) is 0 Å². The highest BCUT2D eigenvalue weighted by atomic mass is 14.6. The Bertz CT molecular complexity index is 317. The Morgan fingerprint density at radius 3 is 1.93 bits per heavy atom. The second kappa shape index (κ2) is 6.54. The quantitative estimate of drug-likeness (QED) is 0.681. The third-order valence-electron chi connectivity index (χ3n) is 1.49. The molecule has 0 saturated heterocycles. The molecule has 14 heavy (non-hydrogen) atoms. The van der Waals surface area contributed by atoms with Crippen molar-refractivity contribution < 1.29 is 0 Å². The molecule has 2 aromatic heterocycles. The predicted molar refractivity (Wildman–Crippen MR) is 58.6 cm³/mol. The summed E-state index contributed by atoms with van der Waals surface area (Å²) in [6, 6.07) is 9.56. The van der Waals surface area contributed by atoms with Crippen molar-refractivity contribution in [1.82, 2.24) is 9.97 Å². The number of hydrogen-bond donors (Lipinski definition) is 0. The summed E-state index contributed by atoms with van der Waals surface area (Å²) in [7, 11) is 0. The van der Waals surface area contributed by atoms with Crippen LogP contribution in [0.2, 0.25) is 0 Å². The molecule has 2 rings (SSSR count). The molecule has 2 heterocycles. The van der Waals surface area contributed by atoms with E-state index in [0.29, 0.717) is 0 Å². The first kappa shape index (κ1) is 10.1. The SMILES string of the molecule is C=Cc1cccnc1.c1ccncc1. The molecule has 0 aliphatic rings. The maximum Gasteiger partial charge on any atom is 0.0340 e. The minimum absolute atomic E-state index is 1.06. The number of aromatic nitrogens is 2. The van der Waals surface area contributed by atoms with Crippen LogP contribution in [0.5, 0.6) is 0 Å². The monoisotopic (exact) mass is 184 g/mol. The second-order valence-electron chi connectivity index (χ2n) is 2.52. The van der Waals surface area contributed by atoms with Gasteiger partial charge in [-0.2, -0.15) is 0 Å². The standard InChI is InChI=1S/C7H7N.C5H5N/c1-2-7-4-3-5-8-6-7;1-2-4-6-5-3-1/h2-6H,1H2;1-5H. The molecule has 0 radical (unpaired) electrons. The molecule has 0 aliphatic carbocycles. The van der Waals surface area contributed by atoms with Gasteiger partial charge in [0.05, 0.1) is 0 Å². The fourth-order valence-corrected chi connectivity index (χ4v) is 0.809. The van der Waals surface area contributed by atoms with Gasteiger partial charge in [0.25, 0.3) is 0 Å². The fourth-order valence-electron chi connectivity index (χ4n) is 0.809. The summed E-state index contributed by atoms with van der Waals surface area (Å²) in [6.07, 6.45) is 8.78. The molecule has 0 atom stereocenters. The van der Waals surface area contributed by atoms with E-state index in [2.05, 4.69) is 16.5 Å². The smallest absolute Gasteiger partial charge is 0.0340 e. The molecule has 0 saturated carbocycles. The summed E-state index contributed by atoms with van der Waals surface area (Å²) < 4.78 is 0. The lowest BCUT2D eigenvalue weighted by Crippen LogP contribution is -1.70. The molecule has 0 aromatic carbocycles. The molecular formula is C12H12N2. The third kappa shape index (κ3) is 4.16. The number of pyridine rings is 2. The lowest BCUT2D eigenvalue weighted by atomic mass is 10.3. The van der Waals surface area contributed by atoms with Gasteiger partial charge in [0, 0.05) is 24.8 Å². The zero-order valence-corrected chi connectivity index (χ0v) is 7.88. The average molecular weight is 184 g/mol. The van der Waals surface area contributed by atoms with Crippen molar-refractivity contribution in [2.75, 3.05) is 0 Å². The highest BCUT2D eigenvalue weighted by Gasteiger charge is 1.77. The van der Waals surface area contributed by atoms with Crippen molar-refractivity contribution in [2.24, 2.45) is 0 Å². The van der Waals surface area contributed by atoms with Crippen LogP contribution in [0.15, 0.2) is 61.7 Å². The molecule has 0 N–H and O–H groups in total. The first-order chi connectivity index (χ1) is 6.93. The molecule has 70 valence electrons. The van der Waals surface area contributed by atoms with Crippen LogP contribution in [0.25, 0.3) is 6.08 Å². The van der Waals surface area contributed by atoms with Crippen molar-refractivity contribution in [3.05, 3.63) is 67.3 Å². The molecule has 2 aromatic rings. The Hall–Kier alpha value is -1.96. The van der Waals surface area contributed by atoms with Gasteiger partial charge < -0.3 is 0 Å². The van der Waals surface area contributed by atoms with Gasteiger partial charge in [0.15, 0.2) is 0 Å². The van der Waals surface area contributed by atoms with Crippen molar-refractivity contribution in [1.29, 1.82) is 0 Å². The molecule has 0 aliphatic heterocycles. The Balaban J connectivity index is 0.000000146. The Morgan fingerprint density at radius 2 is 1.64 bits per heavy atom. The van der Waals surface area contributed by atoms with E-state index in [4.69, 9.17) is 0 Å². The van der Waals surface area contributed by atoms with Crippen LogP contribution in [-0.4, -0.2) is 9.97 Å². The fraction of sp³-hybridized carbons (Fsp3) is 0. The zero-order valence-electron chi connectivity index (χ0n) is 7.88. The Morgan fingerprint density at radius 1 is 0.929 bits per heavy atom. The number of hydrogen-bond acceptors (Lipinski definition) is 2. The van der Waals surface area contributed by atoms with E-state index in [1.165, 1.54) is 0 Å². The Kier molecular flexibility index (Phi) is 4.73. The van der Waals surface area contributed by atoms with Crippen LogP contribution in [0.1, 0.15) is 5.56 Å². The molecule has 0 unspecified atom stereocenters. The van der Waals surface area contributed by atoms with Gasteiger partial charge in [0.2, 0.25) is 0 Å². The lowest BCUT2D eigenvalue weighted by molar-refractivity contribution is 1.32. The molecular weight excluding hydrogens is 172 g/mol. The van der Waals surface area contributed by atoms with E-state index < -0.39 is 0 Å². The van der Waals surface area contributed by atoms with E-state index in [-0.39, 0.29) is 0 Å². The minimum atomic E-state index is 1.06. The molecule has 0 bridgehead atoms. The predicted octanol–water partition coefficient (Wildman–Crippen LogP) is 2.81. The van der Waals surface area contributed by atoms with Crippen LogP contribution in [0.4, 0.5) is 0 Å². The lowest BCUT2D eigenvalue weighted by Gasteiger charge is -1.84. The van der Waals surface area contributed by atoms with Crippen molar-refractivity contribution >= 4 is 6.08 Å². The van der Waals surface area contributed by atoms with Gasteiger partial charge in [-0.1, -0.05) is 24.8 Å². The van der Waals surface area contributed by atoms with Crippen LogP contribution >= 0.6 is 0 Å². The molecule has 0 amide bonds. The van der Waals surface area contributed by atoms with E-state index in [1.54, 1.807) is 30.9 Å². The topological polar surface area (TPSA) is 25.8 Å². The van der Waals surface area contributed by atoms with Gasteiger partial charge in [-0.15, -0.1) is 0 Å². The first-order valence-electron chi connectivity index (χ1n) is 4.31. The number of rotatable bonds is 1. The molecule has 0 spiro atoms. The summed E-state index contributed by atoms with van der Waals surface area (Å²) in [5.74, 6) is 0. The van der Waals surface area contributed by atoms with Gasteiger partial charge in [-0.25, -0.2) is 0 Å². The van der Waals surface area contributed by atoms with Gasteiger partial charge in [0.1, 0.15) is 0 Å². The summed E-state index contributed by atoms with van der Waals surface area (Å²) in [5, 5.41) is 0. The highest BCUT2D eigenvalue weighted by molar-refractivity contribution is 5.44. The summed E-state index contributed by atoms with van der Waals surface area (Å²) in [5.41, 5.74) is 1.06. The first-order valence-corrected chi connectivity index (χ1v) is 4.31. The average Bonchev–Trinajstić information content (AvgIpc) is 2.33. The van der Waals surface area contributed by atoms with Crippen LogP contribution in [0, 0.1) is 0 Å². The minimum Gasteiger partial charge on any atom is -0.265 e. The highest BCUT2D eigenvalue weighted by Crippen LogP contribution is 1.94. The van der Waals surface area contributed by atoms with E-state index in [0.717, 1.165) is 5.56 Å². The van der Waals surface area contributed by atoms with Crippen LogP contribution in [-0.2, 0) is 0 Å². The van der Waals surface area contributed by atoms with E-state index in [1.807, 2.05) is 30.3 Å². The van der Waals surface area contributed by atoms with Gasteiger partial charge in [-0.05, 0) is 23.8 Å². The zero-order chi connectivity index (χ0) is 10.1. The van der Waals surface area contributed by atoms with Gasteiger partial charge >= 0.3 is 0 Å². The third-order valence-corrected chi connectivity index (χ3v) is 1.49. The van der Waals surface area contributed by atoms with Gasteiger partial charge in [-0.3, -0.25) is 9.97 Å². The second-order valence-corrected chi connectivity index (χ2v) is 2.52. The van der Waals surface area contributed by atoms with Crippen molar-refractivity contribution in [3.8, 4) is 0 Å². The van der Waals surface area contributed by atoms with E-state index >= 15 is 0 Å². The molecule has 2 heteroatoms. The van der Waals surface area contributed by atoms with Crippen molar-refractivity contribution in [3.63, 3.8) is 0 Å². The molecule has 2 nitrogen and oxygen atoms in total. The van der Waals surface area contributed by atoms with Crippen LogP contribution in [0.3, 0.4) is 0 Å². The van der Waals surface area contributed by atoms with Crippen molar-refractivity contribution in [2.45, 2.75) is 0 Å². The molecule has 0 fully saturated rings. The Labute approximate surface area is 84.0 Å². The summed E-state index contributed by atoms with van der Waals surface area (Å²) in [4.78, 5) is 7.67. The largest absolute Gasteiger partial charge is 0.265 e. The normalized spacial score (nSPS) is 8.29. The number of nitrogens with zero attached hydrogens (tertiary/aromatic N) is 2. The maximum atomic E-state index is 3.88.